The van der Waals surface area contributed by atoms with Gasteiger partial charge in [0.25, 0.3) is 0 Å². The Balaban J connectivity index is 0.000000733. The van der Waals surface area contributed by atoms with E-state index in [4.69, 9.17) is 15.2 Å². The van der Waals surface area contributed by atoms with Crippen molar-refractivity contribution in [1.82, 2.24) is 0 Å². The zero-order valence-corrected chi connectivity index (χ0v) is 25.7. The molecule has 2 aromatic carbocycles. The van der Waals surface area contributed by atoms with E-state index in [1.54, 1.807) is 0 Å². The molecule has 2 N–H and O–H groups in total. The monoisotopic (exact) mass is 556 g/mol. The first kappa shape index (κ1) is 36.2. The van der Waals surface area contributed by atoms with Gasteiger partial charge in [-0.2, -0.15) is 0 Å². The summed E-state index contributed by atoms with van der Waals surface area (Å²) in [5, 5.41) is 0. The van der Waals surface area contributed by atoms with Crippen LogP contribution in [0.3, 0.4) is 0 Å². The quantitative estimate of drug-likeness (QED) is 0.162. The summed E-state index contributed by atoms with van der Waals surface area (Å²) in [6.45, 7) is 16.8. The molecule has 0 aliphatic carbocycles. The fourth-order valence-corrected chi connectivity index (χ4v) is 3.44. The van der Waals surface area contributed by atoms with Crippen molar-refractivity contribution in [3.8, 4) is 0 Å². The Morgan fingerprint density at radius 1 is 0.800 bits per heavy atom. The highest BCUT2D eigenvalue weighted by Gasteiger charge is 2.15. The van der Waals surface area contributed by atoms with E-state index in [0.717, 1.165) is 28.6 Å². The number of hydrogen-bond acceptors (Lipinski definition) is 8. The number of hydrogen-bond donors (Lipinski definition) is 1. The molecule has 40 heavy (non-hydrogen) atoms. The number of carbonyl (C=O) groups is 3. The molecule has 2 rings (SSSR count). The van der Waals surface area contributed by atoms with Gasteiger partial charge in [-0.1, -0.05) is 58.5 Å². The Labute approximate surface area is 240 Å². The molecule has 8 nitrogen and oxygen atoms in total. The summed E-state index contributed by atoms with van der Waals surface area (Å²) in [6.07, 6.45) is 1.67. The largest absolute Gasteiger partial charge is 0.469 e. The van der Waals surface area contributed by atoms with Crippen LogP contribution in [0.4, 0.5) is 11.4 Å². The van der Waals surface area contributed by atoms with Crippen LogP contribution in [0, 0.1) is 13.8 Å². The Bertz CT molecular complexity index is 1070. The first-order valence-corrected chi connectivity index (χ1v) is 13.4. The Hall–Kier alpha value is -3.81. The standard InChI is InChI=1S/C18H27NO4.C10H15N.C4H6O2/c1-13(2)15-7-6-14(3)16(12-15)19(10-8-17(20)22-4)11-9-18(21)23-5;1-7(2)9-5-4-8(3)10(11)6-9;1-3-4(5)6-2/h6-7,12-13H,8-11H2,1-5H3;4-7H,11H2,1-3H3;3H,1H2,2H3. The molecule has 0 amide bonds. The summed E-state index contributed by atoms with van der Waals surface area (Å²) in [5.74, 6) is 0.0711. The van der Waals surface area contributed by atoms with Crippen molar-refractivity contribution in [2.24, 2.45) is 0 Å². The molecule has 0 saturated heterocycles. The molecule has 0 aromatic heterocycles. The van der Waals surface area contributed by atoms with Gasteiger partial charge >= 0.3 is 17.9 Å². The van der Waals surface area contributed by atoms with Crippen molar-refractivity contribution < 1.29 is 28.6 Å². The smallest absolute Gasteiger partial charge is 0.329 e. The van der Waals surface area contributed by atoms with Crippen molar-refractivity contribution in [1.29, 1.82) is 0 Å². The second kappa shape index (κ2) is 19.3. The number of nitrogens with zero attached hydrogens (tertiary/aromatic N) is 1. The van der Waals surface area contributed by atoms with Gasteiger partial charge < -0.3 is 24.8 Å². The first-order chi connectivity index (χ1) is 18.8. The van der Waals surface area contributed by atoms with E-state index in [1.165, 1.54) is 32.5 Å². The number of aryl methyl sites for hydroxylation is 2. The summed E-state index contributed by atoms with van der Waals surface area (Å²) in [6, 6.07) is 12.6. The average Bonchev–Trinajstić information content (AvgIpc) is 2.94. The Morgan fingerprint density at radius 2 is 1.25 bits per heavy atom. The van der Waals surface area contributed by atoms with Crippen LogP contribution in [0.5, 0.6) is 0 Å². The maximum absolute atomic E-state index is 11.5. The van der Waals surface area contributed by atoms with Gasteiger partial charge in [0, 0.05) is 30.5 Å². The van der Waals surface area contributed by atoms with Crippen LogP contribution in [-0.4, -0.2) is 52.3 Å². The van der Waals surface area contributed by atoms with E-state index in [-0.39, 0.29) is 24.8 Å². The van der Waals surface area contributed by atoms with Crippen LogP contribution in [-0.2, 0) is 28.6 Å². The maximum Gasteiger partial charge on any atom is 0.329 e. The third kappa shape index (κ3) is 13.8. The topological polar surface area (TPSA) is 108 Å². The molecule has 0 aliphatic rings. The van der Waals surface area contributed by atoms with Crippen LogP contribution in [0.1, 0.15) is 74.6 Å². The third-order valence-electron chi connectivity index (χ3n) is 6.21. The highest BCUT2D eigenvalue weighted by atomic mass is 16.5. The zero-order valence-electron chi connectivity index (χ0n) is 25.7. The van der Waals surface area contributed by atoms with Crippen LogP contribution in [0.25, 0.3) is 0 Å². The molecule has 0 spiro atoms. The van der Waals surface area contributed by atoms with Gasteiger partial charge in [0.2, 0.25) is 0 Å². The van der Waals surface area contributed by atoms with Crippen LogP contribution < -0.4 is 10.6 Å². The lowest BCUT2D eigenvalue weighted by atomic mass is 10.00. The minimum Gasteiger partial charge on any atom is -0.469 e. The number of esters is 3. The molecule has 0 saturated carbocycles. The van der Waals surface area contributed by atoms with E-state index >= 15 is 0 Å². The Kier molecular flexibility index (Phi) is 17.4. The average molecular weight is 557 g/mol. The molecule has 0 bridgehead atoms. The van der Waals surface area contributed by atoms with E-state index in [0.29, 0.717) is 24.9 Å². The molecule has 0 heterocycles. The fraction of sp³-hybridized carbons (Fsp3) is 0.469. The van der Waals surface area contributed by atoms with Crippen molar-refractivity contribution in [2.45, 2.75) is 66.2 Å². The molecule has 2 aromatic rings. The molecule has 0 atom stereocenters. The van der Waals surface area contributed by atoms with Gasteiger partial charge in [-0.3, -0.25) is 9.59 Å². The summed E-state index contributed by atoms with van der Waals surface area (Å²) in [7, 11) is 4.07. The molecule has 0 radical (unpaired) electrons. The number of nitrogens with two attached hydrogens (primary N) is 1. The summed E-state index contributed by atoms with van der Waals surface area (Å²) < 4.78 is 13.6. The summed E-state index contributed by atoms with van der Waals surface area (Å²) >= 11 is 0. The molecular weight excluding hydrogens is 508 g/mol. The number of rotatable bonds is 10. The van der Waals surface area contributed by atoms with Crippen molar-refractivity contribution in [2.75, 3.05) is 45.1 Å². The molecular formula is C32H48N2O6. The minimum absolute atomic E-state index is 0.259. The highest BCUT2D eigenvalue weighted by Crippen LogP contribution is 2.26. The molecule has 222 valence electrons. The molecule has 0 unspecified atom stereocenters. The van der Waals surface area contributed by atoms with Gasteiger partial charge in [-0.05, 0) is 60.1 Å². The number of anilines is 2. The molecule has 8 heteroatoms. The lowest BCUT2D eigenvalue weighted by Crippen LogP contribution is -2.30. The van der Waals surface area contributed by atoms with Gasteiger partial charge in [-0.15, -0.1) is 0 Å². The van der Waals surface area contributed by atoms with Gasteiger partial charge in [0.1, 0.15) is 0 Å². The van der Waals surface area contributed by atoms with Crippen molar-refractivity contribution in [3.05, 3.63) is 71.3 Å². The normalized spacial score (nSPS) is 9.97. The number of methoxy groups -OCH3 is 3. The third-order valence-corrected chi connectivity index (χ3v) is 6.21. The van der Waals surface area contributed by atoms with Crippen molar-refractivity contribution >= 4 is 29.3 Å². The predicted molar refractivity (Wildman–Crippen MR) is 163 cm³/mol. The summed E-state index contributed by atoms with van der Waals surface area (Å²) in [5.41, 5.74) is 12.5. The summed E-state index contributed by atoms with van der Waals surface area (Å²) in [4.78, 5) is 34.8. The minimum atomic E-state index is -0.394. The van der Waals surface area contributed by atoms with Crippen LogP contribution in [0.15, 0.2) is 49.1 Å². The fourth-order valence-electron chi connectivity index (χ4n) is 3.44. The predicted octanol–water partition coefficient (Wildman–Crippen LogP) is 6.10. The van der Waals surface area contributed by atoms with E-state index < -0.39 is 5.97 Å². The van der Waals surface area contributed by atoms with Crippen LogP contribution in [0.2, 0.25) is 0 Å². The second-order valence-corrected chi connectivity index (χ2v) is 9.84. The maximum atomic E-state index is 11.5. The first-order valence-electron chi connectivity index (χ1n) is 13.4. The van der Waals surface area contributed by atoms with Gasteiger partial charge in [0.05, 0.1) is 34.2 Å². The van der Waals surface area contributed by atoms with E-state index in [2.05, 4.69) is 80.3 Å². The van der Waals surface area contributed by atoms with Gasteiger partial charge in [-0.25, -0.2) is 4.79 Å². The van der Waals surface area contributed by atoms with Crippen LogP contribution >= 0.6 is 0 Å². The highest BCUT2D eigenvalue weighted by molar-refractivity contribution is 5.80. The number of benzene rings is 2. The van der Waals surface area contributed by atoms with E-state index in [1.807, 2.05) is 13.8 Å². The SMILES string of the molecule is C=CC(=O)OC.COC(=O)CCN(CCC(=O)OC)c1cc(C(C)C)ccc1C.Cc1ccc(C(C)C)cc1N. The number of carbonyl (C=O) groups excluding carboxylic acids is 3. The molecule has 0 aliphatic heterocycles. The number of ether oxygens (including phenoxy) is 3. The Morgan fingerprint density at radius 3 is 1.60 bits per heavy atom. The van der Waals surface area contributed by atoms with Gasteiger partial charge in [0.15, 0.2) is 0 Å². The molecule has 0 fully saturated rings. The van der Waals surface area contributed by atoms with Crippen molar-refractivity contribution in [3.63, 3.8) is 0 Å². The van der Waals surface area contributed by atoms with E-state index in [9.17, 15) is 14.4 Å². The lowest BCUT2D eigenvalue weighted by molar-refractivity contribution is -0.140. The lowest BCUT2D eigenvalue weighted by Gasteiger charge is -2.27. The number of nitrogen functional groups attached to an aromatic ring is 1. The zero-order chi connectivity index (χ0) is 30.8. The second-order valence-electron chi connectivity index (χ2n) is 9.84.